The van der Waals surface area contributed by atoms with Gasteiger partial charge in [-0.1, -0.05) is 25.1 Å². The molecule has 1 heterocycles. The van der Waals surface area contributed by atoms with E-state index in [0.717, 1.165) is 11.8 Å². The number of amidine groups is 1. The van der Waals surface area contributed by atoms with Gasteiger partial charge in [0.2, 0.25) is 0 Å². The van der Waals surface area contributed by atoms with Crippen LogP contribution >= 0.6 is 11.8 Å². The number of hydrogen-bond donors (Lipinski definition) is 4. The predicted molar refractivity (Wildman–Crippen MR) is 115 cm³/mol. The lowest BCUT2D eigenvalue weighted by atomic mass is 10.1. The second-order valence-corrected chi connectivity index (χ2v) is 7.41. The Balaban J connectivity index is 1.86. The fraction of sp³-hybridized carbons (Fsp3) is 0.143. The van der Waals surface area contributed by atoms with Crippen LogP contribution in [0.5, 0.6) is 11.5 Å². The van der Waals surface area contributed by atoms with Crippen LogP contribution < -0.4 is 10.1 Å². The zero-order valence-corrected chi connectivity index (χ0v) is 17.0. The van der Waals surface area contributed by atoms with Gasteiger partial charge < -0.3 is 25.4 Å². The molecule has 1 atom stereocenters. The van der Waals surface area contributed by atoms with Crippen LogP contribution in [0.15, 0.2) is 52.4 Å². The largest absolute Gasteiger partial charge is 0.507 e. The van der Waals surface area contributed by atoms with Crippen molar-refractivity contribution >= 4 is 46.5 Å². The molecule has 31 heavy (non-hydrogen) atoms. The van der Waals surface area contributed by atoms with Gasteiger partial charge in [0.15, 0.2) is 11.3 Å². The highest BCUT2D eigenvalue weighted by Gasteiger charge is 2.25. The quantitative estimate of drug-likeness (QED) is 0.478. The third-order valence-electron chi connectivity index (χ3n) is 4.21. The van der Waals surface area contributed by atoms with Gasteiger partial charge in [-0.3, -0.25) is 4.79 Å². The number of carbonyl (C=O) groups is 3. The topological polar surface area (TPSA) is 146 Å². The number of carboxylic acids is 2. The Morgan fingerprint density at radius 3 is 2.65 bits per heavy atom. The number of para-hydroxylation sites is 1. The maximum atomic E-state index is 12.4. The molecule has 0 spiro atoms. The number of amides is 1. The van der Waals surface area contributed by atoms with E-state index in [1.54, 1.807) is 37.3 Å². The Labute approximate surface area is 181 Å². The number of aromatic carboxylic acids is 1. The summed E-state index contributed by atoms with van der Waals surface area (Å²) >= 11 is 1.04. The average molecular weight is 442 g/mol. The van der Waals surface area contributed by atoms with Crippen LogP contribution in [0.3, 0.4) is 0 Å². The summed E-state index contributed by atoms with van der Waals surface area (Å²) in [7, 11) is 0. The van der Waals surface area contributed by atoms with Crippen molar-refractivity contribution in [2.75, 3.05) is 0 Å². The minimum Gasteiger partial charge on any atom is -0.507 e. The molecule has 0 radical (unpaired) electrons. The lowest BCUT2D eigenvalue weighted by Gasteiger charge is -2.15. The Bertz CT molecular complexity index is 1110. The minimum atomic E-state index is -1.30. The van der Waals surface area contributed by atoms with E-state index in [2.05, 4.69) is 10.3 Å². The molecule has 1 fully saturated rings. The molecule has 160 valence electrons. The summed E-state index contributed by atoms with van der Waals surface area (Å²) in [6.45, 7) is 1.70. The fourth-order valence-corrected chi connectivity index (χ4v) is 3.51. The van der Waals surface area contributed by atoms with Crippen LogP contribution in [0.1, 0.15) is 29.3 Å². The molecule has 1 aliphatic heterocycles. The summed E-state index contributed by atoms with van der Waals surface area (Å²) in [5.74, 6) is -2.86. The summed E-state index contributed by atoms with van der Waals surface area (Å²) in [5.41, 5.74) is 0.469. The van der Waals surface area contributed by atoms with Crippen molar-refractivity contribution in [3.63, 3.8) is 0 Å². The van der Waals surface area contributed by atoms with Crippen molar-refractivity contribution in [1.29, 1.82) is 0 Å². The van der Waals surface area contributed by atoms with Crippen molar-refractivity contribution in [2.24, 2.45) is 4.99 Å². The van der Waals surface area contributed by atoms with Gasteiger partial charge in [0.25, 0.3) is 5.91 Å². The maximum Gasteiger partial charge on any atom is 0.344 e. The first kappa shape index (κ1) is 21.9. The van der Waals surface area contributed by atoms with E-state index >= 15 is 0 Å². The number of benzene rings is 2. The lowest BCUT2D eigenvalue weighted by Crippen LogP contribution is -2.26. The van der Waals surface area contributed by atoms with Crippen LogP contribution in [0, 0.1) is 0 Å². The average Bonchev–Trinajstić information content (AvgIpc) is 3.06. The van der Waals surface area contributed by atoms with E-state index in [0.29, 0.717) is 16.2 Å². The number of rotatable bonds is 7. The normalized spacial score (nSPS) is 16.9. The number of phenols is 1. The zero-order chi connectivity index (χ0) is 22.5. The molecule has 0 aromatic heterocycles. The Morgan fingerprint density at radius 2 is 1.97 bits per heavy atom. The highest BCUT2D eigenvalue weighted by Crippen LogP contribution is 2.32. The van der Waals surface area contributed by atoms with Gasteiger partial charge in [0.1, 0.15) is 17.1 Å². The second-order valence-electron chi connectivity index (χ2n) is 6.38. The molecule has 1 amide bonds. The van der Waals surface area contributed by atoms with E-state index in [9.17, 15) is 24.6 Å². The highest BCUT2D eigenvalue weighted by molar-refractivity contribution is 8.18. The van der Waals surface area contributed by atoms with Crippen molar-refractivity contribution in [2.45, 2.75) is 19.4 Å². The van der Waals surface area contributed by atoms with E-state index in [-0.39, 0.29) is 28.6 Å². The molecule has 0 bridgehead atoms. The molecule has 1 aliphatic rings. The van der Waals surface area contributed by atoms with Crippen molar-refractivity contribution in [3.05, 3.63) is 58.5 Å². The van der Waals surface area contributed by atoms with Gasteiger partial charge in [0.05, 0.1) is 10.6 Å². The van der Waals surface area contributed by atoms with Crippen molar-refractivity contribution < 1.29 is 34.4 Å². The first-order chi connectivity index (χ1) is 14.8. The Hall–Kier alpha value is -3.79. The van der Waals surface area contributed by atoms with Crippen LogP contribution in [0.4, 0.5) is 5.69 Å². The molecule has 2 aromatic rings. The summed E-state index contributed by atoms with van der Waals surface area (Å²) in [5, 5.41) is 30.7. The van der Waals surface area contributed by atoms with Gasteiger partial charge in [-0.15, -0.1) is 0 Å². The molecule has 0 saturated carbocycles. The Kier molecular flexibility index (Phi) is 6.61. The molecule has 1 saturated heterocycles. The first-order valence-corrected chi connectivity index (χ1v) is 9.94. The van der Waals surface area contributed by atoms with Gasteiger partial charge in [-0.05, 0) is 48.5 Å². The summed E-state index contributed by atoms with van der Waals surface area (Å²) < 4.78 is 5.58. The molecule has 3 rings (SSSR count). The molecule has 1 unspecified atom stereocenters. The van der Waals surface area contributed by atoms with E-state index in [1.165, 1.54) is 18.2 Å². The summed E-state index contributed by atoms with van der Waals surface area (Å²) in [4.78, 5) is 39.3. The molecule has 9 nitrogen and oxygen atoms in total. The SMILES string of the molecule is CCC(Oc1ccccc1/C=C1\SC(=Nc2ccc(O)c(C(=O)O)c2)NC1=O)C(=O)O. The molecular weight excluding hydrogens is 424 g/mol. The monoisotopic (exact) mass is 442 g/mol. The number of nitrogens with zero attached hydrogens (tertiary/aromatic N) is 1. The predicted octanol–water partition coefficient (Wildman–Crippen LogP) is 3.22. The van der Waals surface area contributed by atoms with E-state index in [4.69, 9.17) is 9.84 Å². The zero-order valence-electron chi connectivity index (χ0n) is 16.2. The third-order valence-corrected chi connectivity index (χ3v) is 5.12. The smallest absolute Gasteiger partial charge is 0.344 e. The number of aliphatic carboxylic acids is 1. The standard InChI is InChI=1S/C21H18N2O7S/c1-2-15(20(28)29)30-16-6-4-3-5-11(16)9-17-18(25)23-21(31-17)22-12-7-8-14(24)13(10-12)19(26)27/h3-10,15,24H,2H2,1H3,(H,26,27)(H,28,29)(H,22,23,25)/b17-9-. The molecule has 10 heteroatoms. The van der Waals surface area contributed by atoms with Gasteiger partial charge >= 0.3 is 11.9 Å². The Morgan fingerprint density at radius 1 is 1.23 bits per heavy atom. The van der Waals surface area contributed by atoms with Gasteiger partial charge in [0, 0.05) is 5.56 Å². The summed E-state index contributed by atoms with van der Waals surface area (Å²) in [6, 6.07) is 10.6. The number of aliphatic imine (C=N–C) groups is 1. The van der Waals surface area contributed by atoms with Gasteiger partial charge in [-0.2, -0.15) is 0 Å². The van der Waals surface area contributed by atoms with Crippen molar-refractivity contribution in [1.82, 2.24) is 5.32 Å². The molecule has 4 N–H and O–H groups in total. The van der Waals surface area contributed by atoms with Crippen LogP contribution in [-0.2, 0) is 9.59 Å². The first-order valence-electron chi connectivity index (χ1n) is 9.13. The maximum absolute atomic E-state index is 12.4. The third kappa shape index (κ3) is 5.23. The number of aromatic hydroxyl groups is 1. The summed E-state index contributed by atoms with van der Waals surface area (Å²) in [6.07, 6.45) is 0.822. The number of ether oxygens (including phenoxy) is 1. The van der Waals surface area contributed by atoms with Crippen molar-refractivity contribution in [3.8, 4) is 11.5 Å². The number of hydrogen-bond acceptors (Lipinski definition) is 7. The molecule has 2 aromatic carbocycles. The number of nitrogens with one attached hydrogen (secondary N) is 1. The lowest BCUT2D eigenvalue weighted by molar-refractivity contribution is -0.145. The van der Waals surface area contributed by atoms with E-state index < -0.39 is 23.9 Å². The highest BCUT2D eigenvalue weighted by atomic mass is 32.2. The van der Waals surface area contributed by atoms with Crippen LogP contribution in [0.2, 0.25) is 0 Å². The number of thioether (sulfide) groups is 1. The van der Waals surface area contributed by atoms with Gasteiger partial charge in [-0.25, -0.2) is 14.6 Å². The number of carboxylic acid groups (broad SMARTS) is 2. The molecular formula is C21H18N2O7S. The van der Waals surface area contributed by atoms with E-state index in [1.807, 2.05) is 0 Å². The number of carbonyl (C=O) groups excluding carboxylic acids is 1. The fourth-order valence-electron chi connectivity index (χ4n) is 2.67. The minimum absolute atomic E-state index is 0.230. The van der Waals surface area contributed by atoms with Crippen LogP contribution in [-0.4, -0.2) is 44.4 Å². The van der Waals surface area contributed by atoms with Crippen LogP contribution in [0.25, 0.3) is 6.08 Å². The molecule has 0 aliphatic carbocycles. The second kappa shape index (κ2) is 9.35.